The number of nitro groups is 1. The number of aromatic nitrogens is 2. The molecule has 0 bridgehead atoms. The van der Waals surface area contributed by atoms with Crippen LogP contribution in [0.3, 0.4) is 0 Å². The zero-order chi connectivity index (χ0) is 15.0. The van der Waals surface area contributed by atoms with E-state index in [4.69, 9.17) is 5.73 Å². The predicted molar refractivity (Wildman–Crippen MR) is 80.6 cm³/mol. The number of anilines is 1. The number of hydrogen-bond acceptors (Lipinski definition) is 4. The van der Waals surface area contributed by atoms with Gasteiger partial charge in [-0.3, -0.25) is 10.1 Å². The maximum atomic E-state index is 10.8. The zero-order valence-electron chi connectivity index (χ0n) is 12.6. The monoisotopic (exact) mass is 282 g/mol. The first kappa shape index (κ1) is 16.5. The van der Waals surface area contributed by atoms with Gasteiger partial charge in [0.15, 0.2) is 0 Å². The molecule has 0 aromatic carbocycles. The van der Waals surface area contributed by atoms with Gasteiger partial charge in [-0.15, -0.1) is 0 Å². The van der Waals surface area contributed by atoms with Crippen molar-refractivity contribution in [2.45, 2.75) is 71.8 Å². The summed E-state index contributed by atoms with van der Waals surface area (Å²) in [5.74, 6) is 0.176. The second kappa shape index (κ2) is 8.55. The number of aryl methyl sites for hydroxylation is 2. The molecule has 1 rings (SSSR count). The van der Waals surface area contributed by atoms with Crippen LogP contribution in [0, 0.1) is 17.0 Å². The van der Waals surface area contributed by atoms with E-state index in [1.54, 1.807) is 11.6 Å². The fourth-order valence-electron chi connectivity index (χ4n) is 2.38. The summed E-state index contributed by atoms with van der Waals surface area (Å²) in [7, 11) is 0. The first-order chi connectivity index (χ1) is 9.57. The van der Waals surface area contributed by atoms with Crippen LogP contribution >= 0.6 is 0 Å². The molecule has 1 aromatic heterocycles. The van der Waals surface area contributed by atoms with Crippen molar-refractivity contribution in [1.82, 2.24) is 9.78 Å². The minimum Gasteiger partial charge on any atom is -0.378 e. The summed E-state index contributed by atoms with van der Waals surface area (Å²) in [6.45, 7) is 4.50. The molecule has 0 aliphatic heterocycles. The number of unbranched alkanes of at least 4 members (excludes halogenated alkanes) is 7. The highest BCUT2D eigenvalue weighted by atomic mass is 16.6. The zero-order valence-corrected chi connectivity index (χ0v) is 12.6. The summed E-state index contributed by atoms with van der Waals surface area (Å²) in [5.41, 5.74) is 6.10. The number of nitrogens with two attached hydrogens (primary N) is 1. The highest BCUT2D eigenvalue weighted by Gasteiger charge is 2.22. The van der Waals surface area contributed by atoms with Gasteiger partial charge >= 0.3 is 5.69 Å². The highest BCUT2D eigenvalue weighted by Crippen LogP contribution is 2.25. The van der Waals surface area contributed by atoms with Crippen molar-refractivity contribution in [1.29, 1.82) is 0 Å². The van der Waals surface area contributed by atoms with Gasteiger partial charge < -0.3 is 5.73 Å². The van der Waals surface area contributed by atoms with Crippen LogP contribution in [0.5, 0.6) is 0 Å². The Labute approximate surface area is 120 Å². The number of hydrogen-bond donors (Lipinski definition) is 1. The van der Waals surface area contributed by atoms with Gasteiger partial charge in [0.25, 0.3) is 0 Å². The molecule has 0 saturated heterocycles. The lowest BCUT2D eigenvalue weighted by atomic mass is 10.1. The van der Waals surface area contributed by atoms with Gasteiger partial charge in [0.05, 0.1) is 4.92 Å². The summed E-state index contributed by atoms with van der Waals surface area (Å²) >= 11 is 0. The van der Waals surface area contributed by atoms with E-state index >= 15 is 0 Å². The Morgan fingerprint density at radius 3 is 2.20 bits per heavy atom. The van der Waals surface area contributed by atoms with Crippen molar-refractivity contribution in [2.24, 2.45) is 0 Å². The van der Waals surface area contributed by atoms with Crippen LogP contribution in [-0.2, 0) is 6.54 Å². The molecular weight excluding hydrogens is 256 g/mol. The van der Waals surface area contributed by atoms with Gasteiger partial charge in [-0.25, -0.2) is 4.68 Å². The van der Waals surface area contributed by atoms with Crippen LogP contribution in [0.15, 0.2) is 0 Å². The molecule has 0 amide bonds. The summed E-state index contributed by atoms with van der Waals surface area (Å²) in [6, 6.07) is 0. The Bertz CT molecular complexity index is 429. The third-order valence-electron chi connectivity index (χ3n) is 3.54. The molecule has 6 nitrogen and oxygen atoms in total. The molecule has 2 N–H and O–H groups in total. The molecule has 0 unspecified atom stereocenters. The Hall–Kier alpha value is -1.59. The van der Waals surface area contributed by atoms with Crippen LogP contribution < -0.4 is 5.73 Å². The van der Waals surface area contributed by atoms with Gasteiger partial charge in [0.1, 0.15) is 5.69 Å². The molecule has 0 atom stereocenters. The largest absolute Gasteiger partial charge is 0.378 e. The summed E-state index contributed by atoms with van der Waals surface area (Å²) < 4.78 is 1.56. The maximum absolute atomic E-state index is 10.8. The quantitative estimate of drug-likeness (QED) is 0.401. The SMILES string of the molecule is CCCCCCCCCCn1nc(C)c([N+](=O)[O-])c1N. The fourth-order valence-corrected chi connectivity index (χ4v) is 2.38. The summed E-state index contributed by atoms with van der Waals surface area (Å²) in [5, 5.41) is 15.0. The second-order valence-corrected chi connectivity index (χ2v) is 5.27. The minimum absolute atomic E-state index is 0.0513. The van der Waals surface area contributed by atoms with Crippen molar-refractivity contribution < 1.29 is 4.92 Å². The van der Waals surface area contributed by atoms with Crippen LogP contribution in [0.1, 0.15) is 64.0 Å². The topological polar surface area (TPSA) is 87.0 Å². The van der Waals surface area contributed by atoms with Gasteiger partial charge in [0, 0.05) is 6.54 Å². The van der Waals surface area contributed by atoms with Crippen molar-refractivity contribution in [3.63, 3.8) is 0 Å². The molecule has 0 aliphatic carbocycles. The van der Waals surface area contributed by atoms with Crippen LogP contribution in [0.25, 0.3) is 0 Å². The standard InChI is InChI=1S/C14H26N4O2/c1-3-4-5-6-7-8-9-10-11-17-14(15)13(18(19)20)12(2)16-17/h3-11,15H2,1-2H3. The van der Waals surface area contributed by atoms with Gasteiger partial charge in [0.2, 0.25) is 5.82 Å². The Morgan fingerprint density at radius 2 is 1.70 bits per heavy atom. The average molecular weight is 282 g/mol. The molecule has 0 spiro atoms. The normalized spacial score (nSPS) is 10.9. The van der Waals surface area contributed by atoms with E-state index < -0.39 is 4.92 Å². The highest BCUT2D eigenvalue weighted by molar-refractivity contribution is 5.55. The van der Waals surface area contributed by atoms with Gasteiger partial charge in [-0.2, -0.15) is 5.10 Å². The summed E-state index contributed by atoms with van der Waals surface area (Å²) in [6.07, 6.45) is 9.81. The van der Waals surface area contributed by atoms with Crippen molar-refractivity contribution >= 4 is 11.5 Å². The van der Waals surface area contributed by atoms with Gasteiger partial charge in [-0.05, 0) is 13.3 Å². The van der Waals surface area contributed by atoms with Crippen molar-refractivity contribution in [2.75, 3.05) is 5.73 Å². The third kappa shape index (κ3) is 4.83. The Balaban J connectivity index is 2.26. The molecule has 1 aromatic rings. The molecule has 0 fully saturated rings. The van der Waals surface area contributed by atoms with E-state index in [1.165, 1.54) is 38.5 Å². The van der Waals surface area contributed by atoms with E-state index in [0.29, 0.717) is 12.2 Å². The number of nitrogens with zero attached hydrogens (tertiary/aromatic N) is 3. The summed E-state index contributed by atoms with van der Waals surface area (Å²) in [4.78, 5) is 10.4. The smallest absolute Gasteiger partial charge is 0.333 e. The van der Waals surface area contributed by atoms with E-state index in [1.807, 2.05) is 0 Å². The van der Waals surface area contributed by atoms with Crippen LogP contribution in [0.4, 0.5) is 11.5 Å². The van der Waals surface area contributed by atoms with Gasteiger partial charge in [-0.1, -0.05) is 51.9 Å². The predicted octanol–water partition coefficient (Wildman–Crippen LogP) is 3.82. The maximum Gasteiger partial charge on any atom is 0.333 e. The van der Waals surface area contributed by atoms with Crippen molar-refractivity contribution in [3.8, 4) is 0 Å². The lowest BCUT2D eigenvalue weighted by Crippen LogP contribution is -2.05. The van der Waals surface area contributed by atoms with E-state index in [-0.39, 0.29) is 11.5 Å². The van der Waals surface area contributed by atoms with Crippen LogP contribution in [0.2, 0.25) is 0 Å². The Kier molecular flexibility index (Phi) is 7.04. The lowest BCUT2D eigenvalue weighted by molar-refractivity contribution is -0.384. The molecule has 0 radical (unpaired) electrons. The average Bonchev–Trinajstić information content (AvgIpc) is 2.67. The molecular formula is C14H26N4O2. The van der Waals surface area contributed by atoms with E-state index in [0.717, 1.165) is 12.8 Å². The van der Waals surface area contributed by atoms with E-state index in [9.17, 15) is 10.1 Å². The van der Waals surface area contributed by atoms with Crippen molar-refractivity contribution in [3.05, 3.63) is 15.8 Å². The molecule has 20 heavy (non-hydrogen) atoms. The lowest BCUT2D eigenvalue weighted by Gasteiger charge is -2.03. The number of rotatable bonds is 10. The van der Waals surface area contributed by atoms with Crippen LogP contribution in [-0.4, -0.2) is 14.7 Å². The molecule has 6 heteroatoms. The second-order valence-electron chi connectivity index (χ2n) is 5.27. The first-order valence-electron chi connectivity index (χ1n) is 7.55. The third-order valence-corrected chi connectivity index (χ3v) is 3.54. The first-order valence-corrected chi connectivity index (χ1v) is 7.55. The Morgan fingerprint density at radius 1 is 1.15 bits per heavy atom. The minimum atomic E-state index is -0.456. The molecule has 1 heterocycles. The molecule has 0 saturated carbocycles. The van der Waals surface area contributed by atoms with E-state index in [2.05, 4.69) is 12.0 Å². The molecule has 0 aliphatic rings. The number of nitrogen functional groups attached to an aromatic ring is 1. The fraction of sp³-hybridized carbons (Fsp3) is 0.786. The molecule has 114 valence electrons.